The molecule has 1 saturated heterocycles. The van der Waals surface area contributed by atoms with Gasteiger partial charge in [-0.05, 0) is 43.2 Å². The summed E-state index contributed by atoms with van der Waals surface area (Å²) < 4.78 is 10.6. The van der Waals surface area contributed by atoms with E-state index in [0.717, 1.165) is 12.0 Å². The highest BCUT2D eigenvalue weighted by Crippen LogP contribution is 2.31. The fourth-order valence-corrected chi connectivity index (χ4v) is 3.34. The first-order valence-electron chi connectivity index (χ1n) is 8.99. The predicted molar refractivity (Wildman–Crippen MR) is 101 cm³/mol. The summed E-state index contributed by atoms with van der Waals surface area (Å²) in [4.78, 5) is 32.1. The number of nitrogens with zero attached hydrogens (tertiary/aromatic N) is 2. The van der Waals surface area contributed by atoms with Crippen molar-refractivity contribution in [2.24, 2.45) is 0 Å². The lowest BCUT2D eigenvalue weighted by atomic mass is 10.1. The summed E-state index contributed by atoms with van der Waals surface area (Å²) in [6.07, 6.45) is 2.48. The Bertz CT molecular complexity index is 817. The molecule has 1 aromatic heterocycles. The van der Waals surface area contributed by atoms with Crippen LogP contribution in [0.5, 0.6) is 11.5 Å². The van der Waals surface area contributed by atoms with E-state index in [4.69, 9.17) is 9.47 Å². The van der Waals surface area contributed by atoms with Crippen LogP contribution in [0.2, 0.25) is 0 Å². The standard InChI is InChI=1S/C20H25N3O4/c1-14-12-17(26-2)18(27-3)13-15(14)19(24)22-8-5-9-23(11-10-22)20(25)16-6-4-7-21-16/h4,6-7,12-13,21H,5,8-11H2,1-3H3. The van der Waals surface area contributed by atoms with Gasteiger partial charge in [0.05, 0.1) is 14.2 Å². The van der Waals surface area contributed by atoms with Crippen LogP contribution in [-0.2, 0) is 0 Å². The number of carbonyl (C=O) groups is 2. The van der Waals surface area contributed by atoms with Gasteiger partial charge in [-0.25, -0.2) is 0 Å². The molecule has 2 aromatic rings. The van der Waals surface area contributed by atoms with Crippen LogP contribution in [0.3, 0.4) is 0 Å². The third-order valence-electron chi connectivity index (χ3n) is 4.86. The molecular formula is C20H25N3O4. The normalized spacial score (nSPS) is 14.6. The maximum absolute atomic E-state index is 13.1. The Morgan fingerprint density at radius 3 is 2.19 bits per heavy atom. The van der Waals surface area contributed by atoms with Crippen LogP contribution in [0, 0.1) is 6.92 Å². The quantitative estimate of drug-likeness (QED) is 0.895. The van der Waals surface area contributed by atoms with Gasteiger partial charge in [-0.15, -0.1) is 0 Å². The molecule has 0 aliphatic carbocycles. The number of ether oxygens (including phenoxy) is 2. The van der Waals surface area contributed by atoms with E-state index in [1.54, 1.807) is 48.4 Å². The summed E-state index contributed by atoms with van der Waals surface area (Å²) in [6, 6.07) is 7.11. The molecule has 2 amide bonds. The third kappa shape index (κ3) is 3.92. The molecular weight excluding hydrogens is 346 g/mol. The second kappa shape index (κ2) is 8.16. The maximum atomic E-state index is 13.1. The van der Waals surface area contributed by atoms with E-state index in [-0.39, 0.29) is 11.8 Å². The first-order valence-corrected chi connectivity index (χ1v) is 8.99. The van der Waals surface area contributed by atoms with Gasteiger partial charge in [-0.2, -0.15) is 0 Å². The number of H-pyrrole nitrogens is 1. The van der Waals surface area contributed by atoms with Gasteiger partial charge in [0.15, 0.2) is 11.5 Å². The maximum Gasteiger partial charge on any atom is 0.270 e. The number of benzene rings is 1. The number of rotatable bonds is 4. The molecule has 0 bridgehead atoms. The number of aryl methyl sites for hydroxylation is 1. The zero-order valence-corrected chi connectivity index (χ0v) is 15.9. The molecule has 27 heavy (non-hydrogen) atoms. The second-order valence-electron chi connectivity index (χ2n) is 6.54. The Balaban J connectivity index is 1.74. The molecule has 1 N–H and O–H groups in total. The van der Waals surface area contributed by atoms with Gasteiger partial charge in [0.2, 0.25) is 0 Å². The Kier molecular flexibility index (Phi) is 5.69. The summed E-state index contributed by atoms with van der Waals surface area (Å²) in [5.41, 5.74) is 2.00. The SMILES string of the molecule is COc1cc(C)c(C(=O)N2CCCN(C(=O)c3ccc[nH]3)CC2)cc1OC. The number of hydrogen-bond donors (Lipinski definition) is 1. The van der Waals surface area contributed by atoms with E-state index in [0.29, 0.717) is 48.9 Å². The van der Waals surface area contributed by atoms with Crippen LogP contribution in [0.4, 0.5) is 0 Å². The van der Waals surface area contributed by atoms with E-state index < -0.39 is 0 Å². The van der Waals surface area contributed by atoms with Gasteiger partial charge in [0.1, 0.15) is 5.69 Å². The van der Waals surface area contributed by atoms with Gasteiger partial charge in [0, 0.05) is 37.9 Å². The zero-order valence-electron chi connectivity index (χ0n) is 15.9. The summed E-state index contributed by atoms with van der Waals surface area (Å²) in [5, 5.41) is 0. The van der Waals surface area contributed by atoms with Crippen molar-refractivity contribution in [2.75, 3.05) is 40.4 Å². The van der Waals surface area contributed by atoms with E-state index in [2.05, 4.69) is 4.98 Å². The van der Waals surface area contributed by atoms with Gasteiger partial charge in [-0.3, -0.25) is 9.59 Å². The minimum Gasteiger partial charge on any atom is -0.493 e. The van der Waals surface area contributed by atoms with Crippen molar-refractivity contribution in [1.29, 1.82) is 0 Å². The number of amides is 2. The molecule has 2 heterocycles. The predicted octanol–water partition coefficient (Wildman–Crippen LogP) is 2.33. The lowest BCUT2D eigenvalue weighted by Gasteiger charge is -2.23. The molecule has 0 spiro atoms. The molecule has 0 atom stereocenters. The third-order valence-corrected chi connectivity index (χ3v) is 4.86. The lowest BCUT2D eigenvalue weighted by Crippen LogP contribution is -2.37. The number of aromatic amines is 1. The molecule has 1 aliphatic rings. The fourth-order valence-electron chi connectivity index (χ4n) is 3.34. The smallest absolute Gasteiger partial charge is 0.270 e. The van der Waals surface area contributed by atoms with Crippen molar-refractivity contribution < 1.29 is 19.1 Å². The van der Waals surface area contributed by atoms with Crippen LogP contribution in [0.15, 0.2) is 30.5 Å². The highest BCUT2D eigenvalue weighted by atomic mass is 16.5. The van der Waals surface area contributed by atoms with Crippen molar-refractivity contribution in [3.8, 4) is 11.5 Å². The van der Waals surface area contributed by atoms with Gasteiger partial charge < -0.3 is 24.3 Å². The van der Waals surface area contributed by atoms with Gasteiger partial charge >= 0.3 is 0 Å². The van der Waals surface area contributed by atoms with Crippen molar-refractivity contribution >= 4 is 11.8 Å². The molecule has 0 unspecified atom stereocenters. The molecule has 144 valence electrons. The highest BCUT2D eigenvalue weighted by Gasteiger charge is 2.25. The summed E-state index contributed by atoms with van der Waals surface area (Å²) in [7, 11) is 3.13. The minimum absolute atomic E-state index is 0.0309. The van der Waals surface area contributed by atoms with Gasteiger partial charge in [0.25, 0.3) is 11.8 Å². The van der Waals surface area contributed by atoms with Crippen LogP contribution in [-0.4, -0.2) is 67.0 Å². The Morgan fingerprint density at radius 2 is 1.59 bits per heavy atom. The van der Waals surface area contributed by atoms with Crippen molar-refractivity contribution in [2.45, 2.75) is 13.3 Å². The number of carbonyl (C=O) groups excluding carboxylic acids is 2. The van der Waals surface area contributed by atoms with Crippen molar-refractivity contribution in [3.05, 3.63) is 47.3 Å². The molecule has 1 fully saturated rings. The Hall–Kier alpha value is -2.96. The van der Waals surface area contributed by atoms with Crippen molar-refractivity contribution in [3.63, 3.8) is 0 Å². The molecule has 0 radical (unpaired) electrons. The zero-order chi connectivity index (χ0) is 19.4. The van der Waals surface area contributed by atoms with E-state index in [1.807, 2.05) is 13.0 Å². The minimum atomic E-state index is -0.0531. The van der Waals surface area contributed by atoms with Gasteiger partial charge in [-0.1, -0.05) is 0 Å². The van der Waals surface area contributed by atoms with E-state index >= 15 is 0 Å². The van der Waals surface area contributed by atoms with Crippen molar-refractivity contribution in [1.82, 2.24) is 14.8 Å². The fraction of sp³-hybridized carbons (Fsp3) is 0.400. The number of methoxy groups -OCH3 is 2. The molecule has 7 nitrogen and oxygen atoms in total. The molecule has 1 aliphatic heterocycles. The van der Waals surface area contributed by atoms with E-state index in [9.17, 15) is 9.59 Å². The lowest BCUT2D eigenvalue weighted by molar-refractivity contribution is 0.0715. The number of nitrogens with one attached hydrogen (secondary N) is 1. The van der Waals surface area contributed by atoms with Crippen LogP contribution in [0.1, 0.15) is 32.8 Å². The highest BCUT2D eigenvalue weighted by molar-refractivity contribution is 5.96. The molecule has 0 saturated carbocycles. The number of hydrogen-bond acceptors (Lipinski definition) is 4. The first kappa shape index (κ1) is 18.8. The van der Waals surface area contributed by atoms with Crippen LogP contribution < -0.4 is 9.47 Å². The molecule has 3 rings (SSSR count). The summed E-state index contributed by atoms with van der Waals surface area (Å²) >= 11 is 0. The average molecular weight is 371 g/mol. The number of aromatic nitrogens is 1. The average Bonchev–Trinajstić information content (AvgIpc) is 3.11. The molecule has 7 heteroatoms. The topological polar surface area (TPSA) is 74.9 Å². The first-order chi connectivity index (χ1) is 13.0. The largest absolute Gasteiger partial charge is 0.493 e. The Labute approximate surface area is 158 Å². The van der Waals surface area contributed by atoms with Crippen LogP contribution in [0.25, 0.3) is 0 Å². The van der Waals surface area contributed by atoms with Crippen LogP contribution >= 0.6 is 0 Å². The summed E-state index contributed by atoms with van der Waals surface area (Å²) in [5.74, 6) is 1.05. The second-order valence-corrected chi connectivity index (χ2v) is 6.54. The monoisotopic (exact) mass is 371 g/mol. The Morgan fingerprint density at radius 1 is 0.963 bits per heavy atom. The van der Waals surface area contributed by atoms with E-state index in [1.165, 1.54) is 0 Å². The summed E-state index contributed by atoms with van der Waals surface area (Å²) in [6.45, 7) is 4.14. The molecule has 1 aromatic carbocycles.